The largest absolute Gasteiger partial charge is 0.321 e. The van der Waals surface area contributed by atoms with E-state index in [1.54, 1.807) is 6.20 Å². The smallest absolute Gasteiger partial charge is 0.275 e. The van der Waals surface area contributed by atoms with Crippen molar-refractivity contribution in [3.63, 3.8) is 0 Å². The number of nitrogens with one attached hydrogen (secondary N) is 2. The molecule has 96 valence electrons. The van der Waals surface area contributed by atoms with E-state index in [1.807, 2.05) is 32.0 Å². The van der Waals surface area contributed by atoms with Crippen molar-refractivity contribution >= 4 is 33.8 Å². The van der Waals surface area contributed by atoms with E-state index < -0.39 is 0 Å². The fourth-order valence-corrected chi connectivity index (χ4v) is 2.76. The summed E-state index contributed by atoms with van der Waals surface area (Å²) >= 11 is 1.52. The van der Waals surface area contributed by atoms with Gasteiger partial charge in [0.15, 0.2) is 0 Å². The van der Waals surface area contributed by atoms with Crippen molar-refractivity contribution in [2.75, 3.05) is 5.32 Å². The first kappa shape index (κ1) is 11.9. The van der Waals surface area contributed by atoms with Crippen molar-refractivity contribution in [1.82, 2.24) is 15.2 Å². The van der Waals surface area contributed by atoms with Gasteiger partial charge in [-0.2, -0.15) is 5.10 Å². The molecule has 2 N–H and O–H groups in total. The fraction of sp³-hybridized carbons (Fsp3) is 0.154. The lowest BCUT2D eigenvalue weighted by molar-refractivity contribution is 0.102. The number of carbonyl (C=O) groups excluding carboxylic acids is 1. The second kappa shape index (κ2) is 4.47. The molecule has 5 nitrogen and oxygen atoms in total. The fourth-order valence-electron chi connectivity index (χ4n) is 1.94. The normalized spacial score (nSPS) is 10.8. The Morgan fingerprint density at radius 1 is 1.37 bits per heavy atom. The molecule has 0 atom stereocenters. The van der Waals surface area contributed by atoms with E-state index in [9.17, 15) is 4.79 Å². The number of fused-ring (bicyclic) bond motifs is 1. The van der Waals surface area contributed by atoms with Crippen LogP contribution in [0, 0.1) is 13.8 Å². The molecule has 0 radical (unpaired) electrons. The van der Waals surface area contributed by atoms with Crippen molar-refractivity contribution < 1.29 is 4.79 Å². The van der Waals surface area contributed by atoms with Gasteiger partial charge < -0.3 is 5.32 Å². The van der Waals surface area contributed by atoms with Gasteiger partial charge in [-0.15, -0.1) is 11.3 Å². The zero-order valence-corrected chi connectivity index (χ0v) is 11.3. The number of benzene rings is 1. The van der Waals surface area contributed by atoms with Crippen LogP contribution >= 0.6 is 11.3 Å². The molecule has 0 bridgehead atoms. The number of carbonyl (C=O) groups is 1. The lowest BCUT2D eigenvalue weighted by Crippen LogP contribution is -2.13. The van der Waals surface area contributed by atoms with E-state index >= 15 is 0 Å². The van der Waals surface area contributed by atoms with Crippen LogP contribution in [0.1, 0.15) is 20.4 Å². The summed E-state index contributed by atoms with van der Waals surface area (Å²) in [5.74, 6) is -0.180. The second-order valence-electron chi connectivity index (χ2n) is 4.26. The van der Waals surface area contributed by atoms with E-state index in [1.165, 1.54) is 11.3 Å². The molecule has 0 spiro atoms. The van der Waals surface area contributed by atoms with Crippen LogP contribution in [-0.4, -0.2) is 21.1 Å². The quantitative estimate of drug-likeness (QED) is 0.753. The number of thiazole rings is 1. The molecule has 2 aromatic heterocycles. The average Bonchev–Trinajstić information content (AvgIpc) is 2.94. The van der Waals surface area contributed by atoms with E-state index in [0.29, 0.717) is 5.69 Å². The predicted molar refractivity (Wildman–Crippen MR) is 75.6 cm³/mol. The molecule has 0 aliphatic carbocycles. The molecule has 0 aliphatic heterocycles. The standard InChI is InChI=1S/C13H12N4OS/c1-7-12(15-8(2)19-7)13(18)16-10-4-3-9-6-14-17-11(9)5-10/h3-6H,1-2H3,(H,14,17)(H,16,18). The van der Waals surface area contributed by atoms with Gasteiger partial charge in [0.05, 0.1) is 16.7 Å². The SMILES string of the molecule is Cc1nc(C(=O)Nc2ccc3cn[nH]c3c2)c(C)s1. The first-order valence-corrected chi connectivity index (χ1v) is 6.63. The van der Waals surface area contributed by atoms with Crippen LogP contribution in [0.15, 0.2) is 24.4 Å². The van der Waals surface area contributed by atoms with Gasteiger partial charge in [-0.3, -0.25) is 9.89 Å². The van der Waals surface area contributed by atoms with Crippen LogP contribution in [0.2, 0.25) is 0 Å². The highest BCUT2D eigenvalue weighted by molar-refractivity contribution is 7.11. The number of aryl methyl sites for hydroxylation is 2. The number of anilines is 1. The van der Waals surface area contributed by atoms with Crippen LogP contribution in [0.25, 0.3) is 10.9 Å². The van der Waals surface area contributed by atoms with Crippen LogP contribution in [-0.2, 0) is 0 Å². The molecule has 0 fully saturated rings. The van der Waals surface area contributed by atoms with Gasteiger partial charge in [-0.05, 0) is 32.0 Å². The number of aromatic amines is 1. The lowest BCUT2D eigenvalue weighted by atomic mass is 10.2. The van der Waals surface area contributed by atoms with Gasteiger partial charge in [-0.25, -0.2) is 4.98 Å². The van der Waals surface area contributed by atoms with E-state index in [-0.39, 0.29) is 5.91 Å². The monoisotopic (exact) mass is 272 g/mol. The topological polar surface area (TPSA) is 70.7 Å². The van der Waals surface area contributed by atoms with Crippen LogP contribution in [0.4, 0.5) is 5.69 Å². The molecule has 0 aliphatic rings. The molecule has 1 aromatic carbocycles. The summed E-state index contributed by atoms with van der Waals surface area (Å²) in [5, 5.41) is 11.6. The van der Waals surface area contributed by atoms with Crippen molar-refractivity contribution in [1.29, 1.82) is 0 Å². The molecule has 3 aromatic rings. The van der Waals surface area contributed by atoms with Crippen molar-refractivity contribution in [3.8, 4) is 0 Å². The van der Waals surface area contributed by atoms with Gasteiger partial charge in [0, 0.05) is 16.0 Å². The Balaban J connectivity index is 1.88. The number of nitrogens with zero attached hydrogens (tertiary/aromatic N) is 2. The molecular weight excluding hydrogens is 260 g/mol. The number of rotatable bonds is 2. The molecule has 19 heavy (non-hydrogen) atoms. The maximum atomic E-state index is 12.1. The zero-order chi connectivity index (χ0) is 13.4. The van der Waals surface area contributed by atoms with E-state index in [4.69, 9.17) is 0 Å². The highest BCUT2D eigenvalue weighted by atomic mass is 32.1. The summed E-state index contributed by atoms with van der Waals surface area (Å²) < 4.78 is 0. The third kappa shape index (κ3) is 2.22. The Morgan fingerprint density at radius 2 is 2.21 bits per heavy atom. The maximum absolute atomic E-state index is 12.1. The van der Waals surface area contributed by atoms with E-state index in [0.717, 1.165) is 26.5 Å². The highest BCUT2D eigenvalue weighted by Crippen LogP contribution is 2.20. The average molecular weight is 272 g/mol. The molecule has 0 unspecified atom stereocenters. The van der Waals surface area contributed by atoms with Crippen LogP contribution in [0.5, 0.6) is 0 Å². The highest BCUT2D eigenvalue weighted by Gasteiger charge is 2.14. The molecule has 0 saturated carbocycles. The summed E-state index contributed by atoms with van der Waals surface area (Å²) in [6.07, 6.45) is 1.74. The van der Waals surface area contributed by atoms with Crippen LogP contribution < -0.4 is 5.32 Å². The Hall–Kier alpha value is -2.21. The minimum Gasteiger partial charge on any atom is -0.321 e. The number of hydrogen-bond acceptors (Lipinski definition) is 4. The van der Waals surface area contributed by atoms with Crippen molar-refractivity contribution in [2.45, 2.75) is 13.8 Å². The lowest BCUT2D eigenvalue weighted by Gasteiger charge is -2.03. The third-order valence-corrected chi connectivity index (χ3v) is 3.70. The number of H-pyrrole nitrogens is 1. The van der Waals surface area contributed by atoms with Gasteiger partial charge in [0.25, 0.3) is 5.91 Å². The number of aromatic nitrogens is 3. The van der Waals surface area contributed by atoms with Gasteiger partial charge in [0.2, 0.25) is 0 Å². The predicted octanol–water partition coefficient (Wildman–Crippen LogP) is 2.89. The Kier molecular flexibility index (Phi) is 2.79. The molecule has 0 saturated heterocycles. The Bertz CT molecular complexity index is 759. The molecule has 2 heterocycles. The zero-order valence-electron chi connectivity index (χ0n) is 10.5. The summed E-state index contributed by atoms with van der Waals surface area (Å²) in [7, 11) is 0. The molecule has 3 rings (SSSR count). The summed E-state index contributed by atoms with van der Waals surface area (Å²) in [6, 6.07) is 5.62. The van der Waals surface area contributed by atoms with Gasteiger partial charge >= 0.3 is 0 Å². The first-order chi connectivity index (χ1) is 9.13. The number of amides is 1. The summed E-state index contributed by atoms with van der Waals surface area (Å²) in [4.78, 5) is 17.3. The Labute approximate surface area is 113 Å². The molecule has 1 amide bonds. The molecule has 6 heteroatoms. The van der Waals surface area contributed by atoms with Gasteiger partial charge in [-0.1, -0.05) is 0 Å². The number of hydrogen-bond donors (Lipinski definition) is 2. The van der Waals surface area contributed by atoms with E-state index in [2.05, 4.69) is 20.5 Å². The third-order valence-electron chi connectivity index (χ3n) is 2.82. The van der Waals surface area contributed by atoms with Gasteiger partial charge in [0.1, 0.15) is 5.69 Å². The minimum absolute atomic E-state index is 0.180. The van der Waals surface area contributed by atoms with Crippen molar-refractivity contribution in [3.05, 3.63) is 40.0 Å². The molecular formula is C13H12N4OS. The first-order valence-electron chi connectivity index (χ1n) is 5.82. The minimum atomic E-state index is -0.180. The maximum Gasteiger partial charge on any atom is 0.275 e. The summed E-state index contributed by atoms with van der Waals surface area (Å²) in [6.45, 7) is 3.79. The second-order valence-corrected chi connectivity index (χ2v) is 5.67. The Morgan fingerprint density at radius 3 is 2.95 bits per heavy atom. The van der Waals surface area contributed by atoms with Crippen molar-refractivity contribution in [2.24, 2.45) is 0 Å². The van der Waals surface area contributed by atoms with Crippen LogP contribution in [0.3, 0.4) is 0 Å². The summed E-state index contributed by atoms with van der Waals surface area (Å²) in [5.41, 5.74) is 2.11.